The summed E-state index contributed by atoms with van der Waals surface area (Å²) >= 11 is 0. The van der Waals surface area contributed by atoms with Crippen LogP contribution in [0.15, 0.2) is 48.5 Å². The van der Waals surface area contributed by atoms with Crippen molar-refractivity contribution in [1.82, 2.24) is 0 Å². The molecule has 2 aromatic carbocycles. The first-order valence-electron chi connectivity index (χ1n) is 6.33. The van der Waals surface area contributed by atoms with E-state index in [-0.39, 0.29) is 6.42 Å². The lowest BCUT2D eigenvalue weighted by molar-refractivity contribution is -0.137. The zero-order chi connectivity index (χ0) is 15.7. The highest BCUT2D eigenvalue weighted by molar-refractivity contribution is 5.29. The number of hydrogen-bond donors (Lipinski definition) is 1. The molecule has 0 heterocycles. The predicted octanol–water partition coefficient (Wildman–Crippen LogP) is 4.29. The van der Waals surface area contributed by atoms with Crippen molar-refractivity contribution in [2.24, 2.45) is 0 Å². The monoisotopic (exact) mass is 298 g/mol. The summed E-state index contributed by atoms with van der Waals surface area (Å²) in [5, 5.41) is 10.4. The molecule has 2 aromatic rings. The minimum atomic E-state index is -4.39. The van der Waals surface area contributed by atoms with Gasteiger partial charge in [0.1, 0.15) is 5.82 Å². The molecule has 0 saturated carbocycles. The standard InChI is InChI=1S/C16H14F4O/c1-15(21,13-3-2-4-14(17)9-13)10-11-5-7-12(8-6-11)16(18,19)20/h2-9,21H,10H2,1H3. The molecule has 5 heteroatoms. The Labute approximate surface area is 119 Å². The molecule has 0 aliphatic carbocycles. The lowest BCUT2D eigenvalue weighted by atomic mass is 9.89. The summed E-state index contributed by atoms with van der Waals surface area (Å²) in [6, 6.07) is 10.1. The molecule has 112 valence electrons. The third-order valence-electron chi connectivity index (χ3n) is 3.28. The van der Waals surface area contributed by atoms with E-state index < -0.39 is 23.2 Å². The molecule has 0 spiro atoms. The first-order valence-corrected chi connectivity index (χ1v) is 6.33. The molecule has 21 heavy (non-hydrogen) atoms. The van der Waals surface area contributed by atoms with Crippen molar-refractivity contribution in [3.05, 3.63) is 71.0 Å². The first kappa shape index (κ1) is 15.5. The van der Waals surface area contributed by atoms with Gasteiger partial charge in [-0.2, -0.15) is 13.2 Å². The lowest BCUT2D eigenvalue weighted by Gasteiger charge is -2.24. The van der Waals surface area contributed by atoms with Crippen LogP contribution in [-0.2, 0) is 18.2 Å². The van der Waals surface area contributed by atoms with E-state index >= 15 is 0 Å². The Bertz CT molecular complexity index is 615. The van der Waals surface area contributed by atoms with Crippen LogP contribution in [-0.4, -0.2) is 5.11 Å². The number of rotatable bonds is 3. The van der Waals surface area contributed by atoms with Crippen molar-refractivity contribution >= 4 is 0 Å². The van der Waals surface area contributed by atoms with E-state index in [1.165, 1.54) is 37.3 Å². The Morgan fingerprint density at radius 3 is 2.10 bits per heavy atom. The van der Waals surface area contributed by atoms with Crippen LogP contribution in [0.1, 0.15) is 23.6 Å². The van der Waals surface area contributed by atoms with E-state index in [9.17, 15) is 22.7 Å². The second-order valence-corrected chi connectivity index (χ2v) is 5.16. The molecular weight excluding hydrogens is 284 g/mol. The minimum Gasteiger partial charge on any atom is -0.385 e. The van der Waals surface area contributed by atoms with Crippen LogP contribution in [0.3, 0.4) is 0 Å². The highest BCUT2D eigenvalue weighted by Gasteiger charge is 2.30. The molecule has 0 radical (unpaired) electrons. The van der Waals surface area contributed by atoms with Gasteiger partial charge >= 0.3 is 6.18 Å². The fraction of sp³-hybridized carbons (Fsp3) is 0.250. The molecule has 2 rings (SSSR count). The highest BCUT2D eigenvalue weighted by atomic mass is 19.4. The van der Waals surface area contributed by atoms with E-state index in [1.807, 2.05) is 0 Å². The fourth-order valence-electron chi connectivity index (χ4n) is 2.13. The lowest BCUT2D eigenvalue weighted by Crippen LogP contribution is -2.24. The number of hydrogen-bond acceptors (Lipinski definition) is 1. The average molecular weight is 298 g/mol. The molecule has 0 fully saturated rings. The van der Waals surface area contributed by atoms with Gasteiger partial charge in [0, 0.05) is 6.42 Å². The summed E-state index contributed by atoms with van der Waals surface area (Å²) in [7, 11) is 0. The zero-order valence-corrected chi connectivity index (χ0v) is 11.3. The molecule has 1 atom stereocenters. The maximum atomic E-state index is 13.2. The number of aliphatic hydroxyl groups is 1. The highest BCUT2D eigenvalue weighted by Crippen LogP contribution is 2.31. The third-order valence-corrected chi connectivity index (χ3v) is 3.28. The van der Waals surface area contributed by atoms with Gasteiger partial charge in [0.2, 0.25) is 0 Å². The van der Waals surface area contributed by atoms with Crippen LogP contribution in [0.25, 0.3) is 0 Å². The molecule has 0 amide bonds. The Morgan fingerprint density at radius 2 is 1.57 bits per heavy atom. The molecule has 1 unspecified atom stereocenters. The SMILES string of the molecule is CC(O)(Cc1ccc(C(F)(F)F)cc1)c1cccc(F)c1. The van der Waals surface area contributed by atoms with Crippen molar-refractivity contribution in [3.8, 4) is 0 Å². The van der Waals surface area contributed by atoms with Crippen molar-refractivity contribution in [1.29, 1.82) is 0 Å². The molecule has 0 aliphatic rings. The zero-order valence-electron chi connectivity index (χ0n) is 11.3. The molecule has 0 bridgehead atoms. The van der Waals surface area contributed by atoms with Gasteiger partial charge in [-0.3, -0.25) is 0 Å². The van der Waals surface area contributed by atoms with Crippen molar-refractivity contribution in [2.75, 3.05) is 0 Å². The Balaban J connectivity index is 2.20. The normalized spacial score (nSPS) is 14.8. The maximum Gasteiger partial charge on any atom is 0.416 e. The van der Waals surface area contributed by atoms with Crippen molar-refractivity contribution < 1.29 is 22.7 Å². The Morgan fingerprint density at radius 1 is 0.952 bits per heavy atom. The van der Waals surface area contributed by atoms with Gasteiger partial charge in [-0.05, 0) is 42.3 Å². The minimum absolute atomic E-state index is 0.0919. The molecule has 0 aromatic heterocycles. The quantitative estimate of drug-likeness (QED) is 0.838. The predicted molar refractivity (Wildman–Crippen MR) is 71.1 cm³/mol. The van der Waals surface area contributed by atoms with E-state index in [2.05, 4.69) is 0 Å². The van der Waals surface area contributed by atoms with Gasteiger partial charge < -0.3 is 5.11 Å². The second-order valence-electron chi connectivity index (χ2n) is 5.16. The smallest absolute Gasteiger partial charge is 0.385 e. The molecule has 1 N–H and O–H groups in total. The van der Waals surface area contributed by atoms with Gasteiger partial charge in [0.15, 0.2) is 0 Å². The van der Waals surface area contributed by atoms with Crippen molar-refractivity contribution in [3.63, 3.8) is 0 Å². The third kappa shape index (κ3) is 3.82. The van der Waals surface area contributed by atoms with Crippen LogP contribution >= 0.6 is 0 Å². The van der Waals surface area contributed by atoms with Crippen LogP contribution < -0.4 is 0 Å². The summed E-state index contributed by atoms with van der Waals surface area (Å²) in [6.45, 7) is 1.50. The fourth-order valence-corrected chi connectivity index (χ4v) is 2.13. The largest absolute Gasteiger partial charge is 0.416 e. The molecular formula is C16H14F4O. The summed E-state index contributed by atoms with van der Waals surface area (Å²) in [6.07, 6.45) is -4.29. The maximum absolute atomic E-state index is 13.2. The van der Waals surface area contributed by atoms with Crippen LogP contribution in [0.5, 0.6) is 0 Å². The van der Waals surface area contributed by atoms with Crippen LogP contribution in [0, 0.1) is 5.82 Å². The number of alkyl halides is 3. The number of halogens is 4. The first-order chi connectivity index (χ1) is 9.68. The molecule has 0 saturated heterocycles. The average Bonchev–Trinajstić information content (AvgIpc) is 2.38. The Kier molecular flexibility index (Phi) is 4.05. The topological polar surface area (TPSA) is 20.2 Å². The van der Waals surface area contributed by atoms with Gasteiger partial charge in [-0.15, -0.1) is 0 Å². The molecule has 1 nitrogen and oxygen atoms in total. The summed E-state index contributed by atoms with van der Waals surface area (Å²) in [5.74, 6) is -0.472. The van der Waals surface area contributed by atoms with Gasteiger partial charge in [-0.25, -0.2) is 4.39 Å². The van der Waals surface area contributed by atoms with Crippen LogP contribution in [0.4, 0.5) is 17.6 Å². The van der Waals surface area contributed by atoms with E-state index in [4.69, 9.17) is 0 Å². The summed E-state index contributed by atoms with van der Waals surface area (Å²) in [5.41, 5.74) is -1.18. The van der Waals surface area contributed by atoms with E-state index in [0.29, 0.717) is 11.1 Å². The van der Waals surface area contributed by atoms with Gasteiger partial charge in [0.05, 0.1) is 11.2 Å². The molecule has 0 aliphatic heterocycles. The van der Waals surface area contributed by atoms with Crippen LogP contribution in [0.2, 0.25) is 0 Å². The number of benzene rings is 2. The van der Waals surface area contributed by atoms with Crippen molar-refractivity contribution in [2.45, 2.75) is 25.1 Å². The van der Waals surface area contributed by atoms with Gasteiger partial charge in [-0.1, -0.05) is 24.3 Å². The Hall–Kier alpha value is -1.88. The summed E-state index contributed by atoms with van der Waals surface area (Å²) in [4.78, 5) is 0. The van der Waals surface area contributed by atoms with E-state index in [1.54, 1.807) is 6.07 Å². The van der Waals surface area contributed by atoms with Gasteiger partial charge in [0.25, 0.3) is 0 Å². The summed E-state index contributed by atoms with van der Waals surface area (Å²) < 4.78 is 50.6. The van der Waals surface area contributed by atoms with E-state index in [0.717, 1.165) is 12.1 Å². The second kappa shape index (κ2) is 5.48.